The lowest BCUT2D eigenvalue weighted by molar-refractivity contribution is -0.133. The Bertz CT molecular complexity index is 475. The normalized spacial score (nSPS) is 19.9. The first-order valence-corrected chi connectivity index (χ1v) is 8.48. The summed E-state index contributed by atoms with van der Waals surface area (Å²) in [6, 6.07) is 8.08. The molecule has 1 heterocycles. The molecule has 0 spiro atoms. The number of thioether (sulfide) groups is 1. The number of carbonyl (C=O) groups excluding carboxylic acids is 1. The third-order valence-corrected chi connectivity index (χ3v) is 5.00. The molecule has 0 aromatic heterocycles. The van der Waals surface area contributed by atoms with Crippen LogP contribution >= 0.6 is 11.8 Å². The molecule has 0 radical (unpaired) electrons. The second-order valence-corrected chi connectivity index (χ2v) is 6.55. The smallest absolute Gasteiger partial charge is 0.240 e. The van der Waals surface area contributed by atoms with Gasteiger partial charge in [-0.25, -0.2) is 0 Å². The van der Waals surface area contributed by atoms with E-state index in [1.54, 1.807) is 7.11 Å². The van der Waals surface area contributed by atoms with Gasteiger partial charge in [-0.15, -0.1) is 0 Å². The Hall–Kier alpha value is -1.20. The van der Waals surface area contributed by atoms with Gasteiger partial charge in [-0.1, -0.05) is 18.2 Å². The molecule has 1 amide bonds. The highest BCUT2D eigenvalue weighted by molar-refractivity contribution is 7.99. The molecular weight excluding hydrogens is 284 g/mol. The van der Waals surface area contributed by atoms with Gasteiger partial charge in [-0.2, -0.15) is 11.8 Å². The fraction of sp³-hybridized carbons (Fsp3) is 0.562. The Morgan fingerprint density at radius 1 is 1.52 bits per heavy atom. The molecule has 1 aromatic rings. The average Bonchev–Trinajstić information content (AvgIpc) is 2.54. The Labute approximate surface area is 131 Å². The topological polar surface area (TPSA) is 41.6 Å². The Kier molecular flexibility index (Phi) is 5.94. The van der Waals surface area contributed by atoms with Crippen LogP contribution in [0.4, 0.5) is 0 Å². The summed E-state index contributed by atoms with van der Waals surface area (Å²) in [6.07, 6.45) is 0.798. The van der Waals surface area contributed by atoms with Crippen LogP contribution in [0.5, 0.6) is 5.75 Å². The zero-order chi connectivity index (χ0) is 15.2. The molecule has 2 unspecified atom stereocenters. The van der Waals surface area contributed by atoms with Crippen molar-refractivity contribution >= 4 is 17.7 Å². The highest BCUT2D eigenvalue weighted by Crippen LogP contribution is 2.20. The van der Waals surface area contributed by atoms with Gasteiger partial charge in [-0.05, 0) is 25.0 Å². The number of hydrogen-bond donors (Lipinski definition) is 1. The van der Waals surface area contributed by atoms with E-state index in [1.807, 2.05) is 41.9 Å². The van der Waals surface area contributed by atoms with Crippen molar-refractivity contribution in [3.05, 3.63) is 29.8 Å². The number of ether oxygens (including phenoxy) is 1. The van der Waals surface area contributed by atoms with E-state index in [9.17, 15) is 4.79 Å². The van der Waals surface area contributed by atoms with Crippen LogP contribution in [0.25, 0.3) is 0 Å². The molecule has 0 saturated carbocycles. The third-order valence-electron chi connectivity index (χ3n) is 3.94. The van der Waals surface area contributed by atoms with Gasteiger partial charge in [0.25, 0.3) is 0 Å². The number of benzene rings is 1. The maximum atomic E-state index is 12.5. The Balaban J connectivity index is 1.98. The lowest BCUT2D eigenvalue weighted by Gasteiger charge is -2.31. The van der Waals surface area contributed by atoms with Crippen LogP contribution in [-0.4, -0.2) is 55.1 Å². The molecule has 0 bridgehead atoms. The second-order valence-electron chi connectivity index (χ2n) is 5.40. The first-order chi connectivity index (χ1) is 10.1. The summed E-state index contributed by atoms with van der Waals surface area (Å²) < 4.78 is 5.38. The van der Waals surface area contributed by atoms with Crippen LogP contribution < -0.4 is 10.1 Å². The van der Waals surface area contributed by atoms with Crippen molar-refractivity contribution in [3.8, 4) is 5.75 Å². The largest absolute Gasteiger partial charge is 0.496 e. The quantitative estimate of drug-likeness (QED) is 0.900. The number of likely N-dealkylation sites (N-methyl/N-ethyl adjacent to an activating group) is 1. The number of hydrogen-bond acceptors (Lipinski definition) is 4. The van der Waals surface area contributed by atoms with Gasteiger partial charge in [0.1, 0.15) is 5.75 Å². The highest BCUT2D eigenvalue weighted by atomic mass is 32.2. The molecule has 4 nitrogen and oxygen atoms in total. The Morgan fingerprint density at radius 2 is 2.29 bits per heavy atom. The number of carbonyl (C=O) groups is 1. The SMILES string of the molecule is COc1ccccc1CC(C)N(C)C(=O)C1CSCCN1. The van der Waals surface area contributed by atoms with Crippen molar-refractivity contribution in [1.82, 2.24) is 10.2 Å². The zero-order valence-corrected chi connectivity index (χ0v) is 13.8. The fourth-order valence-corrected chi connectivity index (χ4v) is 3.44. The third kappa shape index (κ3) is 4.14. The number of rotatable bonds is 5. The molecule has 0 aliphatic carbocycles. The first-order valence-electron chi connectivity index (χ1n) is 7.33. The van der Waals surface area contributed by atoms with Gasteiger partial charge in [0.2, 0.25) is 5.91 Å². The van der Waals surface area contributed by atoms with Crippen LogP contribution in [0.3, 0.4) is 0 Å². The maximum Gasteiger partial charge on any atom is 0.240 e. The number of methoxy groups -OCH3 is 1. The van der Waals surface area contributed by atoms with Gasteiger partial charge in [0, 0.05) is 31.1 Å². The summed E-state index contributed by atoms with van der Waals surface area (Å²) >= 11 is 1.84. The van der Waals surface area contributed by atoms with Gasteiger partial charge in [0.05, 0.1) is 13.2 Å². The van der Waals surface area contributed by atoms with Crippen LogP contribution in [0, 0.1) is 0 Å². The molecule has 5 heteroatoms. The van der Waals surface area contributed by atoms with Crippen molar-refractivity contribution in [2.75, 3.05) is 32.2 Å². The highest BCUT2D eigenvalue weighted by Gasteiger charge is 2.26. The lowest BCUT2D eigenvalue weighted by atomic mass is 10.0. The predicted molar refractivity (Wildman–Crippen MR) is 88.0 cm³/mol. The molecule has 1 saturated heterocycles. The van der Waals surface area contributed by atoms with Gasteiger partial charge < -0.3 is 15.0 Å². The molecule has 2 atom stereocenters. The molecule has 1 aliphatic rings. The standard InChI is InChI=1S/C16H24N2O2S/c1-12(10-13-6-4-5-7-15(13)20-3)18(2)16(19)14-11-21-9-8-17-14/h4-7,12,14,17H,8-11H2,1-3H3. The van der Waals surface area contributed by atoms with E-state index in [-0.39, 0.29) is 18.0 Å². The van der Waals surface area contributed by atoms with Crippen molar-refractivity contribution in [2.24, 2.45) is 0 Å². The van der Waals surface area contributed by atoms with Crippen LogP contribution in [0.1, 0.15) is 12.5 Å². The van der Waals surface area contributed by atoms with Crippen molar-refractivity contribution in [1.29, 1.82) is 0 Å². The van der Waals surface area contributed by atoms with Gasteiger partial charge in [-0.3, -0.25) is 4.79 Å². The van der Waals surface area contributed by atoms with Crippen LogP contribution in [0.15, 0.2) is 24.3 Å². The number of para-hydroxylation sites is 1. The van der Waals surface area contributed by atoms with E-state index in [1.165, 1.54) is 0 Å². The minimum atomic E-state index is -0.0473. The first kappa shape index (κ1) is 16.2. The van der Waals surface area contributed by atoms with E-state index in [2.05, 4.69) is 18.3 Å². The molecule has 1 aromatic carbocycles. The lowest BCUT2D eigenvalue weighted by Crippen LogP contribution is -2.51. The Morgan fingerprint density at radius 3 is 2.95 bits per heavy atom. The van der Waals surface area contributed by atoms with Gasteiger partial charge in [0.15, 0.2) is 0 Å². The monoisotopic (exact) mass is 308 g/mol. The molecule has 1 N–H and O–H groups in total. The summed E-state index contributed by atoms with van der Waals surface area (Å²) in [4.78, 5) is 14.4. The maximum absolute atomic E-state index is 12.5. The second kappa shape index (κ2) is 7.71. The van der Waals surface area contributed by atoms with Crippen molar-refractivity contribution in [2.45, 2.75) is 25.4 Å². The summed E-state index contributed by atoms with van der Waals surface area (Å²) in [6.45, 7) is 3.00. The van der Waals surface area contributed by atoms with Gasteiger partial charge >= 0.3 is 0 Å². The van der Waals surface area contributed by atoms with E-state index in [4.69, 9.17) is 4.74 Å². The van der Waals surface area contributed by atoms with Crippen molar-refractivity contribution in [3.63, 3.8) is 0 Å². The number of nitrogens with zero attached hydrogens (tertiary/aromatic N) is 1. The summed E-state index contributed by atoms with van der Waals surface area (Å²) in [7, 11) is 3.57. The molecular formula is C16H24N2O2S. The van der Waals surface area contributed by atoms with E-state index in [0.29, 0.717) is 0 Å². The predicted octanol–water partition coefficient (Wildman–Crippen LogP) is 1.79. The van der Waals surface area contributed by atoms with Crippen LogP contribution in [0.2, 0.25) is 0 Å². The fourth-order valence-electron chi connectivity index (χ4n) is 2.51. The van der Waals surface area contributed by atoms with E-state index >= 15 is 0 Å². The number of nitrogens with one attached hydrogen (secondary N) is 1. The molecule has 116 valence electrons. The molecule has 1 fully saturated rings. The number of amides is 1. The summed E-state index contributed by atoms with van der Waals surface area (Å²) in [5.74, 6) is 3.02. The molecule has 1 aliphatic heterocycles. The zero-order valence-electron chi connectivity index (χ0n) is 13.0. The molecule has 21 heavy (non-hydrogen) atoms. The molecule has 2 rings (SSSR count). The summed E-state index contributed by atoms with van der Waals surface area (Å²) in [5.41, 5.74) is 1.14. The van der Waals surface area contributed by atoms with E-state index in [0.717, 1.165) is 35.8 Å². The van der Waals surface area contributed by atoms with Crippen molar-refractivity contribution < 1.29 is 9.53 Å². The summed E-state index contributed by atoms with van der Waals surface area (Å²) in [5, 5.41) is 3.30. The minimum absolute atomic E-state index is 0.0473. The van der Waals surface area contributed by atoms with Crippen LogP contribution in [-0.2, 0) is 11.2 Å². The minimum Gasteiger partial charge on any atom is -0.496 e. The average molecular weight is 308 g/mol. The van der Waals surface area contributed by atoms with E-state index < -0.39 is 0 Å².